The van der Waals surface area contributed by atoms with Crippen LogP contribution in [0.5, 0.6) is 0 Å². The number of benzene rings is 2. The number of hydrogen-bond donors (Lipinski definition) is 0. The molecule has 0 amide bonds. The number of aromatic nitrogens is 3. The summed E-state index contributed by atoms with van der Waals surface area (Å²) in [5.74, 6) is 0. The monoisotopic (exact) mass is 359 g/mol. The molecular formula is C22H25N5. The lowest BCUT2D eigenvalue weighted by molar-refractivity contribution is 0.151. The molecule has 5 rings (SSSR count). The Labute approximate surface area is 159 Å². The van der Waals surface area contributed by atoms with Crippen molar-refractivity contribution in [3.8, 4) is 0 Å². The van der Waals surface area contributed by atoms with Crippen LogP contribution in [-0.4, -0.2) is 64.1 Å². The summed E-state index contributed by atoms with van der Waals surface area (Å²) in [5, 5.41) is 1.20. The summed E-state index contributed by atoms with van der Waals surface area (Å²) in [6, 6.07) is 16.7. The predicted molar refractivity (Wildman–Crippen MR) is 111 cm³/mol. The lowest BCUT2D eigenvalue weighted by Crippen LogP contribution is -2.44. The molecule has 1 aliphatic heterocycles. The highest BCUT2D eigenvalue weighted by Gasteiger charge is 2.16. The molecule has 4 aromatic rings. The Bertz CT molecular complexity index is 1090. The van der Waals surface area contributed by atoms with Gasteiger partial charge in [-0.15, -0.1) is 0 Å². The maximum absolute atomic E-state index is 4.97. The normalized spacial score (nSPS) is 16.6. The molecule has 1 fully saturated rings. The van der Waals surface area contributed by atoms with Crippen molar-refractivity contribution in [2.24, 2.45) is 0 Å². The lowest BCUT2D eigenvalue weighted by atomic mass is 10.2. The third-order valence-corrected chi connectivity index (χ3v) is 5.71. The van der Waals surface area contributed by atoms with Gasteiger partial charge in [-0.05, 0) is 38.2 Å². The number of rotatable bonds is 4. The molecule has 1 saturated heterocycles. The molecule has 0 aliphatic carbocycles. The van der Waals surface area contributed by atoms with Crippen LogP contribution in [0.15, 0.2) is 48.5 Å². The van der Waals surface area contributed by atoms with Crippen molar-refractivity contribution < 1.29 is 0 Å². The average Bonchev–Trinajstić information content (AvgIpc) is 3.01. The fourth-order valence-electron chi connectivity index (χ4n) is 4.13. The minimum absolute atomic E-state index is 0.963. The van der Waals surface area contributed by atoms with Crippen LogP contribution in [0.3, 0.4) is 0 Å². The van der Waals surface area contributed by atoms with E-state index in [4.69, 9.17) is 9.97 Å². The van der Waals surface area contributed by atoms with Gasteiger partial charge in [0.1, 0.15) is 5.52 Å². The topological polar surface area (TPSA) is 37.2 Å². The van der Waals surface area contributed by atoms with Crippen LogP contribution < -0.4 is 0 Å². The van der Waals surface area contributed by atoms with E-state index in [2.05, 4.69) is 45.7 Å². The van der Waals surface area contributed by atoms with E-state index in [9.17, 15) is 0 Å². The maximum Gasteiger partial charge on any atom is 0.160 e. The Hall–Kier alpha value is -2.50. The molecule has 5 nitrogen and oxygen atoms in total. The van der Waals surface area contributed by atoms with Crippen LogP contribution in [0.1, 0.15) is 6.42 Å². The van der Waals surface area contributed by atoms with E-state index < -0.39 is 0 Å². The van der Waals surface area contributed by atoms with E-state index in [1.807, 2.05) is 24.3 Å². The molecule has 3 heterocycles. The first kappa shape index (κ1) is 16.7. The van der Waals surface area contributed by atoms with Gasteiger partial charge in [0.05, 0.1) is 16.6 Å². The third-order valence-electron chi connectivity index (χ3n) is 5.71. The van der Waals surface area contributed by atoms with Gasteiger partial charge >= 0.3 is 0 Å². The molecular weight excluding hydrogens is 334 g/mol. The fourth-order valence-corrected chi connectivity index (χ4v) is 4.13. The SMILES string of the molecule is CN1CCN(CCCn2c3ccccc3c3nc4ccccc4nc32)CC1. The summed E-state index contributed by atoms with van der Waals surface area (Å²) in [6.07, 6.45) is 1.13. The number of fused-ring (bicyclic) bond motifs is 4. The van der Waals surface area contributed by atoms with E-state index >= 15 is 0 Å². The summed E-state index contributed by atoms with van der Waals surface area (Å²) in [5.41, 5.74) is 5.19. The molecule has 0 radical (unpaired) electrons. The summed E-state index contributed by atoms with van der Waals surface area (Å²) < 4.78 is 2.36. The first-order valence-corrected chi connectivity index (χ1v) is 9.84. The van der Waals surface area contributed by atoms with Crippen molar-refractivity contribution >= 4 is 33.1 Å². The average molecular weight is 359 g/mol. The van der Waals surface area contributed by atoms with Crippen molar-refractivity contribution in [3.05, 3.63) is 48.5 Å². The molecule has 0 atom stereocenters. The third kappa shape index (κ3) is 3.07. The van der Waals surface area contributed by atoms with E-state index in [1.54, 1.807) is 0 Å². The van der Waals surface area contributed by atoms with Crippen molar-refractivity contribution in [2.75, 3.05) is 39.8 Å². The van der Waals surface area contributed by atoms with Crippen molar-refractivity contribution in [1.82, 2.24) is 24.3 Å². The highest BCUT2D eigenvalue weighted by molar-refractivity contribution is 6.06. The maximum atomic E-state index is 4.97. The van der Waals surface area contributed by atoms with E-state index in [0.29, 0.717) is 0 Å². The van der Waals surface area contributed by atoms with Crippen LogP contribution in [0, 0.1) is 0 Å². The summed E-state index contributed by atoms with van der Waals surface area (Å²) >= 11 is 0. The Balaban J connectivity index is 1.49. The second-order valence-electron chi connectivity index (χ2n) is 7.55. The van der Waals surface area contributed by atoms with Gasteiger partial charge in [0.2, 0.25) is 0 Å². The molecule has 0 bridgehead atoms. The predicted octanol–water partition coefficient (Wildman–Crippen LogP) is 3.38. The first-order chi connectivity index (χ1) is 13.3. The van der Waals surface area contributed by atoms with E-state index in [1.165, 1.54) is 37.1 Å². The van der Waals surface area contributed by atoms with Gasteiger partial charge in [0.25, 0.3) is 0 Å². The number of aryl methyl sites for hydroxylation is 1. The highest BCUT2D eigenvalue weighted by atomic mass is 15.2. The molecule has 0 N–H and O–H groups in total. The first-order valence-electron chi connectivity index (χ1n) is 9.84. The number of hydrogen-bond acceptors (Lipinski definition) is 4. The zero-order valence-electron chi connectivity index (χ0n) is 15.8. The largest absolute Gasteiger partial charge is 0.324 e. The second kappa shape index (κ2) is 6.91. The Morgan fingerprint density at radius 1 is 0.815 bits per heavy atom. The quantitative estimate of drug-likeness (QED) is 0.560. The molecule has 27 heavy (non-hydrogen) atoms. The van der Waals surface area contributed by atoms with E-state index in [0.717, 1.165) is 41.7 Å². The van der Waals surface area contributed by atoms with Crippen LogP contribution in [0.2, 0.25) is 0 Å². The molecule has 0 saturated carbocycles. The van der Waals surface area contributed by atoms with Gasteiger partial charge in [0, 0.05) is 38.1 Å². The molecule has 2 aromatic heterocycles. The highest BCUT2D eigenvalue weighted by Crippen LogP contribution is 2.28. The second-order valence-corrected chi connectivity index (χ2v) is 7.55. The summed E-state index contributed by atoms with van der Waals surface area (Å²) in [4.78, 5) is 14.9. The molecule has 1 aliphatic rings. The Morgan fingerprint density at radius 2 is 1.52 bits per heavy atom. The van der Waals surface area contributed by atoms with Crippen molar-refractivity contribution in [1.29, 1.82) is 0 Å². The smallest absolute Gasteiger partial charge is 0.160 e. The molecule has 0 unspecified atom stereocenters. The standard InChI is InChI=1S/C22H25N5/c1-25-13-15-26(16-14-25)11-6-12-27-20-10-5-2-7-17(20)21-22(27)24-19-9-4-3-8-18(19)23-21/h2-5,7-10H,6,11-16H2,1H3. The number of nitrogens with zero attached hydrogens (tertiary/aromatic N) is 5. The fraction of sp³-hybridized carbons (Fsp3) is 0.364. The van der Waals surface area contributed by atoms with Gasteiger partial charge in [-0.3, -0.25) is 0 Å². The minimum Gasteiger partial charge on any atom is -0.324 e. The lowest BCUT2D eigenvalue weighted by Gasteiger charge is -2.32. The van der Waals surface area contributed by atoms with Gasteiger partial charge in [-0.25, -0.2) is 9.97 Å². The summed E-state index contributed by atoms with van der Waals surface area (Å²) in [6.45, 7) is 6.81. The molecule has 2 aromatic carbocycles. The molecule has 0 spiro atoms. The van der Waals surface area contributed by atoms with Gasteiger partial charge < -0.3 is 14.4 Å². The zero-order chi connectivity index (χ0) is 18.2. The Kier molecular flexibility index (Phi) is 4.26. The van der Waals surface area contributed by atoms with Gasteiger partial charge in [-0.1, -0.05) is 30.3 Å². The molecule has 138 valence electrons. The number of piperazine rings is 1. The molecule has 5 heteroatoms. The van der Waals surface area contributed by atoms with Crippen LogP contribution in [0.4, 0.5) is 0 Å². The van der Waals surface area contributed by atoms with Crippen LogP contribution in [0.25, 0.3) is 33.1 Å². The van der Waals surface area contributed by atoms with Crippen LogP contribution in [-0.2, 0) is 6.54 Å². The zero-order valence-corrected chi connectivity index (χ0v) is 15.8. The Morgan fingerprint density at radius 3 is 2.33 bits per heavy atom. The van der Waals surface area contributed by atoms with Gasteiger partial charge in [-0.2, -0.15) is 0 Å². The van der Waals surface area contributed by atoms with Crippen LogP contribution >= 0.6 is 0 Å². The number of likely N-dealkylation sites (N-methyl/N-ethyl adjacent to an activating group) is 1. The van der Waals surface area contributed by atoms with Gasteiger partial charge in [0.15, 0.2) is 5.65 Å². The van der Waals surface area contributed by atoms with E-state index in [-0.39, 0.29) is 0 Å². The van der Waals surface area contributed by atoms with Crippen molar-refractivity contribution in [2.45, 2.75) is 13.0 Å². The number of para-hydroxylation sites is 3. The minimum atomic E-state index is 0.963. The summed E-state index contributed by atoms with van der Waals surface area (Å²) in [7, 11) is 2.21. The van der Waals surface area contributed by atoms with Crippen molar-refractivity contribution in [3.63, 3.8) is 0 Å².